The van der Waals surface area contributed by atoms with E-state index in [1.165, 1.54) is 0 Å². The van der Waals surface area contributed by atoms with Gasteiger partial charge in [0.2, 0.25) is 5.91 Å². The maximum atomic E-state index is 13.0. The molecule has 1 N–H and O–H groups in total. The normalized spacial score (nSPS) is 11.8. The highest BCUT2D eigenvalue weighted by molar-refractivity contribution is 6.30. The lowest BCUT2D eigenvalue weighted by atomic mass is 10.1. The minimum Gasteiger partial charge on any atom is -0.484 e. The van der Waals surface area contributed by atoms with E-state index in [4.69, 9.17) is 16.3 Å². The number of rotatable bonds is 9. The molecule has 0 heterocycles. The fraction of sp³-hybridized carbons (Fsp3) is 0.364. The molecular formula is C22H27ClN2O3. The first-order chi connectivity index (χ1) is 13.4. The van der Waals surface area contributed by atoms with Gasteiger partial charge >= 0.3 is 0 Å². The van der Waals surface area contributed by atoms with Crippen molar-refractivity contribution in [1.82, 2.24) is 10.2 Å². The van der Waals surface area contributed by atoms with E-state index in [0.29, 0.717) is 23.7 Å². The molecule has 6 heteroatoms. The van der Waals surface area contributed by atoms with Gasteiger partial charge in [-0.15, -0.1) is 0 Å². The number of benzene rings is 2. The second kappa shape index (κ2) is 10.7. The lowest BCUT2D eigenvalue weighted by Crippen LogP contribution is -2.51. The fourth-order valence-electron chi connectivity index (χ4n) is 2.84. The molecule has 1 atom stereocenters. The molecule has 0 radical (unpaired) electrons. The molecule has 0 spiro atoms. The topological polar surface area (TPSA) is 58.6 Å². The van der Waals surface area contributed by atoms with Crippen LogP contribution in [0.4, 0.5) is 0 Å². The zero-order valence-electron chi connectivity index (χ0n) is 16.5. The minimum atomic E-state index is -0.566. The number of nitrogens with one attached hydrogen (secondary N) is 1. The van der Waals surface area contributed by atoms with Gasteiger partial charge in [-0.1, -0.05) is 48.9 Å². The number of halogens is 1. The maximum absolute atomic E-state index is 13.0. The van der Waals surface area contributed by atoms with Crippen LogP contribution < -0.4 is 10.1 Å². The molecule has 2 amide bonds. The molecule has 5 nitrogen and oxygen atoms in total. The van der Waals surface area contributed by atoms with Gasteiger partial charge in [-0.3, -0.25) is 9.59 Å². The molecular weight excluding hydrogens is 376 g/mol. The number of amides is 2. The predicted molar refractivity (Wildman–Crippen MR) is 111 cm³/mol. The van der Waals surface area contributed by atoms with Gasteiger partial charge in [-0.25, -0.2) is 0 Å². The van der Waals surface area contributed by atoms with E-state index in [0.717, 1.165) is 5.56 Å². The van der Waals surface area contributed by atoms with Crippen molar-refractivity contribution >= 4 is 23.4 Å². The molecule has 0 aliphatic carbocycles. The Labute approximate surface area is 171 Å². The van der Waals surface area contributed by atoms with Crippen LogP contribution in [-0.4, -0.2) is 35.4 Å². The van der Waals surface area contributed by atoms with Crippen molar-refractivity contribution in [2.24, 2.45) is 0 Å². The third kappa shape index (κ3) is 6.57. The smallest absolute Gasteiger partial charge is 0.261 e. The van der Waals surface area contributed by atoms with E-state index in [2.05, 4.69) is 5.32 Å². The molecule has 2 rings (SSSR count). The molecule has 0 saturated carbocycles. The zero-order chi connectivity index (χ0) is 20.5. The van der Waals surface area contributed by atoms with Crippen molar-refractivity contribution in [3.8, 4) is 5.75 Å². The van der Waals surface area contributed by atoms with Gasteiger partial charge in [0.05, 0.1) is 0 Å². The van der Waals surface area contributed by atoms with Crippen LogP contribution in [0.3, 0.4) is 0 Å². The molecule has 0 aliphatic rings. The van der Waals surface area contributed by atoms with Crippen LogP contribution in [0.25, 0.3) is 0 Å². The van der Waals surface area contributed by atoms with Crippen LogP contribution in [-0.2, 0) is 16.1 Å². The average Bonchev–Trinajstić information content (AvgIpc) is 2.67. The van der Waals surface area contributed by atoms with E-state index in [9.17, 15) is 9.59 Å². The van der Waals surface area contributed by atoms with Crippen LogP contribution in [0.2, 0.25) is 5.02 Å². The Morgan fingerprint density at radius 3 is 2.29 bits per heavy atom. The summed E-state index contributed by atoms with van der Waals surface area (Å²) in [4.78, 5) is 27.2. The van der Waals surface area contributed by atoms with Crippen LogP contribution in [0.5, 0.6) is 5.75 Å². The number of carbonyl (C=O) groups excluding carboxylic acids is 2. The van der Waals surface area contributed by atoms with Crippen molar-refractivity contribution in [3.05, 3.63) is 65.2 Å². The summed E-state index contributed by atoms with van der Waals surface area (Å²) in [6, 6.07) is 15.9. The fourth-order valence-corrected chi connectivity index (χ4v) is 2.97. The summed E-state index contributed by atoms with van der Waals surface area (Å²) < 4.78 is 5.62. The highest BCUT2D eigenvalue weighted by Crippen LogP contribution is 2.17. The zero-order valence-corrected chi connectivity index (χ0v) is 17.3. The first-order valence-electron chi connectivity index (χ1n) is 9.42. The quantitative estimate of drug-likeness (QED) is 0.688. The molecule has 2 aromatic carbocycles. The van der Waals surface area contributed by atoms with Gasteiger partial charge in [-0.05, 0) is 50.1 Å². The molecule has 0 aromatic heterocycles. The monoisotopic (exact) mass is 402 g/mol. The Morgan fingerprint density at radius 2 is 1.71 bits per heavy atom. The number of hydrogen-bond donors (Lipinski definition) is 1. The van der Waals surface area contributed by atoms with E-state index >= 15 is 0 Å². The minimum absolute atomic E-state index is 0.000504. The summed E-state index contributed by atoms with van der Waals surface area (Å²) in [5, 5.41) is 3.50. The summed E-state index contributed by atoms with van der Waals surface area (Å²) in [6.07, 6.45) is 0.512. The molecule has 2 aromatic rings. The SMILES string of the molecule is CC[C@H](C(=O)NC(C)C)N(Cc1ccccc1)C(=O)COc1ccc(Cl)cc1. The molecule has 0 saturated heterocycles. The van der Waals surface area contributed by atoms with Crippen LogP contribution in [0.1, 0.15) is 32.8 Å². The van der Waals surface area contributed by atoms with Crippen LogP contribution >= 0.6 is 11.6 Å². The summed E-state index contributed by atoms with van der Waals surface area (Å²) in [5.74, 6) is 0.148. The second-order valence-corrected chi connectivity index (χ2v) is 7.27. The Bertz CT molecular complexity index is 763. The lowest BCUT2D eigenvalue weighted by Gasteiger charge is -2.31. The highest BCUT2D eigenvalue weighted by Gasteiger charge is 2.29. The molecule has 28 heavy (non-hydrogen) atoms. The third-order valence-electron chi connectivity index (χ3n) is 4.19. The first kappa shape index (κ1) is 21.8. The molecule has 0 fully saturated rings. The third-order valence-corrected chi connectivity index (χ3v) is 4.44. The Kier molecular flexibility index (Phi) is 8.33. The molecule has 0 aliphatic heterocycles. The van der Waals surface area contributed by atoms with Gasteiger partial charge in [-0.2, -0.15) is 0 Å². The van der Waals surface area contributed by atoms with Gasteiger partial charge in [0.25, 0.3) is 5.91 Å². The van der Waals surface area contributed by atoms with Crippen molar-refractivity contribution < 1.29 is 14.3 Å². The summed E-state index contributed by atoms with van der Waals surface area (Å²) in [5.41, 5.74) is 0.957. The number of ether oxygens (including phenoxy) is 1. The van der Waals surface area contributed by atoms with Crippen molar-refractivity contribution in [1.29, 1.82) is 0 Å². The van der Waals surface area contributed by atoms with Gasteiger partial charge in [0, 0.05) is 17.6 Å². The Hall–Kier alpha value is -2.53. The van der Waals surface area contributed by atoms with E-state index < -0.39 is 6.04 Å². The van der Waals surface area contributed by atoms with Gasteiger partial charge in [0.1, 0.15) is 11.8 Å². The lowest BCUT2D eigenvalue weighted by molar-refractivity contribution is -0.143. The number of carbonyl (C=O) groups is 2. The Balaban J connectivity index is 2.16. The largest absolute Gasteiger partial charge is 0.484 e. The molecule has 0 unspecified atom stereocenters. The van der Waals surface area contributed by atoms with Crippen LogP contribution in [0, 0.1) is 0 Å². The predicted octanol–water partition coefficient (Wildman–Crippen LogP) is 4.05. The van der Waals surface area contributed by atoms with E-state index in [-0.39, 0.29) is 24.5 Å². The maximum Gasteiger partial charge on any atom is 0.261 e. The molecule has 150 valence electrons. The van der Waals surface area contributed by atoms with E-state index in [1.54, 1.807) is 29.2 Å². The number of nitrogens with zero attached hydrogens (tertiary/aromatic N) is 1. The highest BCUT2D eigenvalue weighted by atomic mass is 35.5. The average molecular weight is 403 g/mol. The van der Waals surface area contributed by atoms with Crippen LogP contribution in [0.15, 0.2) is 54.6 Å². The van der Waals surface area contributed by atoms with E-state index in [1.807, 2.05) is 51.1 Å². The first-order valence-corrected chi connectivity index (χ1v) is 9.80. The summed E-state index contributed by atoms with van der Waals surface area (Å²) in [7, 11) is 0. The number of hydrogen-bond acceptors (Lipinski definition) is 3. The van der Waals surface area contributed by atoms with Gasteiger partial charge < -0.3 is 15.0 Å². The molecule has 0 bridgehead atoms. The standard InChI is InChI=1S/C22H27ClN2O3/c1-4-20(22(27)24-16(2)3)25(14-17-8-6-5-7-9-17)21(26)15-28-19-12-10-18(23)11-13-19/h5-13,16,20H,4,14-15H2,1-3H3,(H,24,27)/t20-/m1/s1. The van der Waals surface area contributed by atoms with Crippen molar-refractivity contribution in [2.45, 2.75) is 45.8 Å². The second-order valence-electron chi connectivity index (χ2n) is 6.84. The Morgan fingerprint density at radius 1 is 1.07 bits per heavy atom. The summed E-state index contributed by atoms with van der Waals surface area (Å²) in [6.45, 7) is 5.89. The summed E-state index contributed by atoms with van der Waals surface area (Å²) >= 11 is 5.88. The van der Waals surface area contributed by atoms with Gasteiger partial charge in [0.15, 0.2) is 6.61 Å². The van der Waals surface area contributed by atoms with Crippen molar-refractivity contribution in [3.63, 3.8) is 0 Å². The van der Waals surface area contributed by atoms with Crippen molar-refractivity contribution in [2.75, 3.05) is 6.61 Å².